The topological polar surface area (TPSA) is 24.1 Å². The van der Waals surface area contributed by atoms with E-state index in [1.165, 1.54) is 51.6 Å². The third-order valence-corrected chi connectivity index (χ3v) is 5.41. The fourth-order valence-electron chi connectivity index (χ4n) is 3.92. The molecule has 2 N–H and O–H groups in total. The molecule has 1 saturated carbocycles. The second kappa shape index (κ2) is 4.55. The first-order chi connectivity index (χ1) is 8.13. The molecular weight excluding hydrogens is 208 g/mol. The molecule has 98 valence electrons. The molecule has 17 heavy (non-hydrogen) atoms. The van der Waals surface area contributed by atoms with Gasteiger partial charge < -0.3 is 10.6 Å². The Balaban J connectivity index is 1.30. The molecular formula is C15H28N2. The van der Waals surface area contributed by atoms with Crippen molar-refractivity contribution in [2.24, 2.45) is 17.3 Å². The van der Waals surface area contributed by atoms with Gasteiger partial charge in [-0.3, -0.25) is 0 Å². The molecule has 1 aliphatic carbocycles. The highest BCUT2D eigenvalue weighted by Gasteiger charge is 2.44. The van der Waals surface area contributed by atoms with Crippen molar-refractivity contribution in [2.45, 2.75) is 64.5 Å². The molecule has 0 aromatic rings. The second-order valence-corrected chi connectivity index (χ2v) is 7.36. The highest BCUT2D eigenvalue weighted by molar-refractivity contribution is 4.96. The van der Waals surface area contributed by atoms with E-state index in [2.05, 4.69) is 24.5 Å². The lowest BCUT2D eigenvalue weighted by atomic mass is 9.90. The minimum Gasteiger partial charge on any atom is -0.316 e. The van der Waals surface area contributed by atoms with Crippen LogP contribution in [0.5, 0.6) is 0 Å². The third kappa shape index (κ3) is 2.85. The van der Waals surface area contributed by atoms with E-state index >= 15 is 0 Å². The summed E-state index contributed by atoms with van der Waals surface area (Å²) >= 11 is 0. The lowest BCUT2D eigenvalue weighted by molar-refractivity contribution is 0.282. The predicted octanol–water partition coefficient (Wildman–Crippen LogP) is 2.54. The van der Waals surface area contributed by atoms with Crippen molar-refractivity contribution in [3.05, 3.63) is 0 Å². The van der Waals surface area contributed by atoms with E-state index in [1.54, 1.807) is 0 Å². The molecule has 2 bridgehead atoms. The van der Waals surface area contributed by atoms with Crippen molar-refractivity contribution in [2.75, 3.05) is 13.1 Å². The van der Waals surface area contributed by atoms with Crippen LogP contribution in [0.25, 0.3) is 0 Å². The van der Waals surface area contributed by atoms with E-state index in [1.807, 2.05) is 0 Å². The number of hydrogen-bond donors (Lipinski definition) is 2. The number of piperidine rings is 1. The zero-order chi connectivity index (χ0) is 11.9. The molecule has 0 aromatic carbocycles. The van der Waals surface area contributed by atoms with E-state index in [0.29, 0.717) is 5.41 Å². The quantitative estimate of drug-likeness (QED) is 0.717. The summed E-state index contributed by atoms with van der Waals surface area (Å²) in [5.41, 5.74) is 0.640. The minimum atomic E-state index is 0.640. The van der Waals surface area contributed by atoms with Crippen molar-refractivity contribution >= 4 is 0 Å². The van der Waals surface area contributed by atoms with Crippen molar-refractivity contribution in [1.29, 1.82) is 0 Å². The fourth-order valence-corrected chi connectivity index (χ4v) is 3.92. The van der Waals surface area contributed by atoms with Crippen LogP contribution in [0.1, 0.15) is 52.4 Å². The van der Waals surface area contributed by atoms with Crippen LogP contribution >= 0.6 is 0 Å². The maximum atomic E-state index is 3.73. The van der Waals surface area contributed by atoms with Gasteiger partial charge in [0.05, 0.1) is 0 Å². The maximum absolute atomic E-state index is 3.73. The normalized spacial score (nSPS) is 42.7. The average Bonchev–Trinajstić information content (AvgIpc) is 2.75. The lowest BCUT2D eigenvalue weighted by Crippen LogP contribution is -2.38. The fraction of sp³-hybridized carbons (Fsp3) is 1.00. The van der Waals surface area contributed by atoms with E-state index in [0.717, 1.165) is 23.9 Å². The second-order valence-electron chi connectivity index (χ2n) is 7.36. The van der Waals surface area contributed by atoms with Crippen LogP contribution in [0.4, 0.5) is 0 Å². The Morgan fingerprint density at radius 2 is 1.82 bits per heavy atom. The average molecular weight is 236 g/mol. The summed E-state index contributed by atoms with van der Waals surface area (Å²) in [4.78, 5) is 0. The molecule has 3 atom stereocenters. The first kappa shape index (κ1) is 12.0. The van der Waals surface area contributed by atoms with Gasteiger partial charge in [0.15, 0.2) is 0 Å². The van der Waals surface area contributed by atoms with Gasteiger partial charge in [-0.1, -0.05) is 13.8 Å². The van der Waals surface area contributed by atoms with Crippen LogP contribution in [0, 0.1) is 17.3 Å². The standard InChI is InChI=1S/C15H28N2/c1-15(2)9-12(15)10-16-6-5-11-7-13-3-4-14(8-11)17-13/h11-14,16-17H,3-10H2,1-2H3. The van der Waals surface area contributed by atoms with Crippen molar-refractivity contribution in [3.8, 4) is 0 Å². The predicted molar refractivity (Wildman–Crippen MR) is 72.0 cm³/mol. The van der Waals surface area contributed by atoms with Crippen molar-refractivity contribution < 1.29 is 0 Å². The van der Waals surface area contributed by atoms with Gasteiger partial charge in [-0.2, -0.15) is 0 Å². The summed E-state index contributed by atoms with van der Waals surface area (Å²) < 4.78 is 0. The molecule has 3 aliphatic rings. The van der Waals surface area contributed by atoms with E-state index in [9.17, 15) is 0 Å². The van der Waals surface area contributed by atoms with Crippen LogP contribution < -0.4 is 10.6 Å². The van der Waals surface area contributed by atoms with Crippen LogP contribution in [0.15, 0.2) is 0 Å². The summed E-state index contributed by atoms with van der Waals surface area (Å²) in [6.07, 6.45) is 8.58. The van der Waals surface area contributed by atoms with Gasteiger partial charge in [0.1, 0.15) is 0 Å². The van der Waals surface area contributed by atoms with Crippen LogP contribution in [0.2, 0.25) is 0 Å². The molecule has 2 saturated heterocycles. The van der Waals surface area contributed by atoms with Gasteiger partial charge in [-0.25, -0.2) is 0 Å². The Morgan fingerprint density at radius 1 is 1.18 bits per heavy atom. The van der Waals surface area contributed by atoms with Gasteiger partial charge >= 0.3 is 0 Å². The SMILES string of the molecule is CC1(C)CC1CNCCC1CC2CCC(C1)N2. The molecule has 0 radical (unpaired) electrons. The maximum Gasteiger partial charge on any atom is 0.00728 e. The molecule has 2 nitrogen and oxygen atoms in total. The van der Waals surface area contributed by atoms with Gasteiger partial charge in [-0.15, -0.1) is 0 Å². The number of fused-ring (bicyclic) bond motifs is 2. The first-order valence-electron chi connectivity index (χ1n) is 7.60. The highest BCUT2D eigenvalue weighted by atomic mass is 15.0. The first-order valence-corrected chi connectivity index (χ1v) is 7.60. The van der Waals surface area contributed by atoms with Crippen LogP contribution in [-0.4, -0.2) is 25.2 Å². The summed E-state index contributed by atoms with van der Waals surface area (Å²) in [5, 5.41) is 7.41. The zero-order valence-electron chi connectivity index (χ0n) is 11.5. The van der Waals surface area contributed by atoms with Crippen LogP contribution in [-0.2, 0) is 0 Å². The Labute approximate surface area is 106 Å². The molecule has 0 spiro atoms. The van der Waals surface area contributed by atoms with Crippen molar-refractivity contribution in [3.63, 3.8) is 0 Å². The molecule has 2 aliphatic heterocycles. The summed E-state index contributed by atoms with van der Waals surface area (Å²) in [6, 6.07) is 1.72. The summed E-state index contributed by atoms with van der Waals surface area (Å²) in [5.74, 6) is 1.94. The molecule has 2 heterocycles. The third-order valence-electron chi connectivity index (χ3n) is 5.41. The van der Waals surface area contributed by atoms with E-state index in [-0.39, 0.29) is 0 Å². The number of hydrogen-bond acceptors (Lipinski definition) is 2. The summed E-state index contributed by atoms with van der Waals surface area (Å²) in [6.45, 7) is 7.29. The van der Waals surface area contributed by atoms with Crippen LogP contribution in [0.3, 0.4) is 0 Å². The smallest absolute Gasteiger partial charge is 0.00728 e. The monoisotopic (exact) mass is 236 g/mol. The Bertz CT molecular complexity index is 262. The van der Waals surface area contributed by atoms with Gasteiger partial charge in [0, 0.05) is 12.1 Å². The number of rotatable bonds is 5. The van der Waals surface area contributed by atoms with Crippen molar-refractivity contribution in [1.82, 2.24) is 10.6 Å². The molecule has 0 amide bonds. The molecule has 0 aromatic heterocycles. The minimum absolute atomic E-state index is 0.640. The van der Waals surface area contributed by atoms with E-state index < -0.39 is 0 Å². The Kier molecular flexibility index (Phi) is 3.20. The highest BCUT2D eigenvalue weighted by Crippen LogP contribution is 2.50. The lowest BCUT2D eigenvalue weighted by Gasteiger charge is -2.29. The largest absolute Gasteiger partial charge is 0.316 e. The number of nitrogens with one attached hydrogen (secondary N) is 2. The molecule has 2 heteroatoms. The Hall–Kier alpha value is -0.0800. The van der Waals surface area contributed by atoms with Gasteiger partial charge in [0.25, 0.3) is 0 Å². The van der Waals surface area contributed by atoms with E-state index in [4.69, 9.17) is 0 Å². The molecule has 3 unspecified atom stereocenters. The van der Waals surface area contributed by atoms with Gasteiger partial charge in [-0.05, 0) is 68.9 Å². The molecule has 3 fully saturated rings. The molecule has 3 rings (SSSR count). The zero-order valence-corrected chi connectivity index (χ0v) is 11.5. The Morgan fingerprint density at radius 3 is 2.41 bits per heavy atom. The summed E-state index contributed by atoms with van der Waals surface area (Å²) in [7, 11) is 0. The van der Waals surface area contributed by atoms with Gasteiger partial charge in [0.2, 0.25) is 0 Å².